The molecule has 5 nitrogen and oxygen atoms in total. The molecule has 0 aliphatic heterocycles. The number of aryl methyl sites for hydroxylation is 3. The fourth-order valence-corrected chi connectivity index (χ4v) is 6.94. The molecule has 0 spiro atoms. The Hall–Kier alpha value is -2.38. The van der Waals surface area contributed by atoms with Gasteiger partial charge in [0, 0.05) is 29.1 Å². The lowest BCUT2D eigenvalue weighted by Gasteiger charge is -2.13. The lowest BCUT2D eigenvalue weighted by Crippen LogP contribution is -2.20. The maximum atomic E-state index is 13.2. The van der Waals surface area contributed by atoms with Crippen LogP contribution in [0.5, 0.6) is 0 Å². The Morgan fingerprint density at radius 1 is 1.19 bits per heavy atom. The van der Waals surface area contributed by atoms with E-state index in [0.717, 1.165) is 46.0 Å². The van der Waals surface area contributed by atoms with Gasteiger partial charge in [0.25, 0.3) is 5.56 Å². The number of benzene rings is 1. The van der Waals surface area contributed by atoms with Crippen LogP contribution in [0.3, 0.4) is 0 Å². The van der Waals surface area contributed by atoms with Gasteiger partial charge in [-0.3, -0.25) is 9.36 Å². The number of nitrogens with zero attached hydrogens (tertiary/aromatic N) is 2. The molecular weight excluding hydrogens is 440 g/mol. The van der Waals surface area contributed by atoms with Crippen LogP contribution >= 0.6 is 23.1 Å². The number of fused-ring (bicyclic) bond motifs is 4. The van der Waals surface area contributed by atoms with E-state index < -0.39 is 0 Å². The second-order valence-electron chi connectivity index (χ2n) is 8.89. The van der Waals surface area contributed by atoms with Gasteiger partial charge in [0.15, 0.2) is 5.16 Å². The summed E-state index contributed by atoms with van der Waals surface area (Å²) >= 11 is 3.16. The summed E-state index contributed by atoms with van der Waals surface area (Å²) in [6, 6.07) is 5.66. The van der Waals surface area contributed by atoms with E-state index in [4.69, 9.17) is 9.40 Å². The summed E-state index contributed by atoms with van der Waals surface area (Å²) < 4.78 is 7.14. The third-order valence-corrected chi connectivity index (χ3v) is 8.62. The summed E-state index contributed by atoms with van der Waals surface area (Å²) in [4.78, 5) is 32.4. The summed E-state index contributed by atoms with van der Waals surface area (Å²) in [6.45, 7) is 6.38. The Bertz CT molecular complexity index is 1480. The van der Waals surface area contributed by atoms with Gasteiger partial charge in [-0.15, -0.1) is 11.3 Å². The van der Waals surface area contributed by atoms with Crippen LogP contribution in [0.4, 0.5) is 0 Å². The highest BCUT2D eigenvalue weighted by Gasteiger charge is 2.21. The number of hydrogen-bond donors (Lipinski definition) is 0. The average Bonchev–Trinajstić information content (AvgIpc) is 3.12. The molecule has 7 heteroatoms. The van der Waals surface area contributed by atoms with Crippen molar-refractivity contribution in [3.8, 4) is 0 Å². The molecule has 3 heterocycles. The minimum Gasteiger partial charge on any atom is -0.423 e. The van der Waals surface area contributed by atoms with Crippen molar-refractivity contribution in [2.24, 2.45) is 7.05 Å². The molecule has 4 aromatic rings. The summed E-state index contributed by atoms with van der Waals surface area (Å²) in [5.41, 5.74) is 4.77. The van der Waals surface area contributed by atoms with E-state index in [1.165, 1.54) is 34.2 Å². The van der Waals surface area contributed by atoms with E-state index in [0.29, 0.717) is 22.4 Å². The predicted molar refractivity (Wildman–Crippen MR) is 132 cm³/mol. The molecule has 166 valence electrons. The van der Waals surface area contributed by atoms with Crippen LogP contribution in [0.2, 0.25) is 0 Å². The van der Waals surface area contributed by atoms with Crippen LogP contribution in [0, 0.1) is 6.92 Å². The zero-order valence-electron chi connectivity index (χ0n) is 18.8. The van der Waals surface area contributed by atoms with Crippen molar-refractivity contribution in [2.75, 3.05) is 0 Å². The molecule has 5 rings (SSSR count). The zero-order chi connectivity index (χ0) is 22.6. The van der Waals surface area contributed by atoms with Crippen molar-refractivity contribution in [1.82, 2.24) is 9.55 Å². The van der Waals surface area contributed by atoms with Gasteiger partial charge in [-0.1, -0.05) is 25.6 Å². The van der Waals surface area contributed by atoms with Gasteiger partial charge >= 0.3 is 5.63 Å². The molecule has 1 aromatic carbocycles. The van der Waals surface area contributed by atoms with Gasteiger partial charge in [-0.05, 0) is 72.9 Å². The van der Waals surface area contributed by atoms with Crippen molar-refractivity contribution in [1.29, 1.82) is 0 Å². The highest BCUT2D eigenvalue weighted by Crippen LogP contribution is 2.35. The van der Waals surface area contributed by atoms with Gasteiger partial charge in [0.05, 0.1) is 5.39 Å². The molecule has 3 aromatic heterocycles. The zero-order valence-corrected chi connectivity index (χ0v) is 20.4. The van der Waals surface area contributed by atoms with E-state index >= 15 is 0 Å². The normalized spacial score (nSPS) is 13.9. The van der Waals surface area contributed by atoms with Crippen molar-refractivity contribution < 1.29 is 4.42 Å². The first-order valence-corrected chi connectivity index (χ1v) is 12.8. The van der Waals surface area contributed by atoms with E-state index in [9.17, 15) is 9.59 Å². The Labute approximate surface area is 194 Å². The Morgan fingerprint density at radius 2 is 1.97 bits per heavy atom. The number of hydrogen-bond acceptors (Lipinski definition) is 6. The molecule has 0 bridgehead atoms. The topological polar surface area (TPSA) is 65.1 Å². The summed E-state index contributed by atoms with van der Waals surface area (Å²) in [7, 11) is 1.79. The summed E-state index contributed by atoms with van der Waals surface area (Å²) in [6.07, 6.45) is 4.34. The van der Waals surface area contributed by atoms with E-state index in [1.807, 2.05) is 13.0 Å². The van der Waals surface area contributed by atoms with Crippen LogP contribution < -0.4 is 11.2 Å². The van der Waals surface area contributed by atoms with Gasteiger partial charge in [-0.25, -0.2) is 9.78 Å². The molecule has 0 N–H and O–H groups in total. The molecule has 0 radical (unpaired) electrons. The van der Waals surface area contributed by atoms with Crippen LogP contribution in [0.15, 0.2) is 37.4 Å². The monoisotopic (exact) mass is 466 g/mol. The van der Waals surface area contributed by atoms with E-state index in [2.05, 4.69) is 19.9 Å². The average molecular weight is 467 g/mol. The largest absolute Gasteiger partial charge is 0.423 e. The quantitative estimate of drug-likeness (QED) is 0.219. The van der Waals surface area contributed by atoms with Crippen molar-refractivity contribution in [3.05, 3.63) is 66.1 Å². The first-order chi connectivity index (χ1) is 15.3. The summed E-state index contributed by atoms with van der Waals surface area (Å²) in [5, 5.41) is 2.43. The lowest BCUT2D eigenvalue weighted by molar-refractivity contribution is 0.559. The minimum atomic E-state index is -0.354. The molecule has 0 saturated heterocycles. The molecule has 32 heavy (non-hydrogen) atoms. The molecular formula is C25H26N2O3S2. The van der Waals surface area contributed by atoms with E-state index in [-0.39, 0.29) is 11.2 Å². The van der Waals surface area contributed by atoms with Crippen molar-refractivity contribution in [3.63, 3.8) is 0 Å². The SMILES string of the molecule is Cc1cc2oc(=O)cc(CSc3nc4sc5c(c4c(=O)n3C)CCCC5)c2cc1C(C)C. The van der Waals surface area contributed by atoms with Gasteiger partial charge in [-0.2, -0.15) is 0 Å². The fourth-order valence-electron chi connectivity index (χ4n) is 4.67. The first kappa shape index (κ1) is 21.5. The van der Waals surface area contributed by atoms with Crippen molar-refractivity contribution >= 4 is 44.3 Å². The third kappa shape index (κ3) is 3.61. The number of rotatable bonds is 4. The Morgan fingerprint density at radius 3 is 2.75 bits per heavy atom. The first-order valence-electron chi connectivity index (χ1n) is 11.0. The smallest absolute Gasteiger partial charge is 0.336 e. The number of thiophene rings is 1. The molecule has 1 aliphatic rings. The maximum Gasteiger partial charge on any atom is 0.336 e. The summed E-state index contributed by atoms with van der Waals surface area (Å²) in [5.74, 6) is 0.918. The van der Waals surface area contributed by atoms with Gasteiger partial charge in [0.1, 0.15) is 10.4 Å². The highest BCUT2D eigenvalue weighted by atomic mass is 32.2. The van der Waals surface area contributed by atoms with Crippen LogP contribution in [0.25, 0.3) is 21.2 Å². The van der Waals surface area contributed by atoms with E-state index in [1.54, 1.807) is 29.0 Å². The maximum absolute atomic E-state index is 13.2. The second-order valence-corrected chi connectivity index (χ2v) is 10.9. The Kier molecular flexibility index (Phi) is 5.50. The van der Waals surface area contributed by atoms with Crippen LogP contribution in [-0.4, -0.2) is 9.55 Å². The second kappa shape index (κ2) is 8.19. The number of thioether (sulfide) groups is 1. The fraction of sp³-hybridized carbons (Fsp3) is 0.400. The lowest BCUT2D eigenvalue weighted by atomic mass is 9.95. The molecule has 0 saturated carbocycles. The third-order valence-electron chi connectivity index (χ3n) is 6.35. The highest BCUT2D eigenvalue weighted by molar-refractivity contribution is 7.98. The van der Waals surface area contributed by atoms with Gasteiger partial charge < -0.3 is 4.42 Å². The molecule has 1 aliphatic carbocycles. The molecule has 0 fully saturated rings. The van der Waals surface area contributed by atoms with Crippen LogP contribution in [0.1, 0.15) is 59.7 Å². The predicted octanol–water partition coefficient (Wildman–Crippen LogP) is 5.70. The number of aromatic nitrogens is 2. The molecule has 0 unspecified atom stereocenters. The molecule has 0 atom stereocenters. The van der Waals surface area contributed by atoms with Gasteiger partial charge in [0.2, 0.25) is 0 Å². The standard InChI is InChI=1S/C25H26N2O3S2/c1-13(2)17-11-18-15(10-21(28)30-19(18)9-14(17)3)12-31-25-26-23-22(24(29)27(25)4)16-7-5-6-8-20(16)32-23/h9-11,13H,5-8,12H2,1-4H3. The minimum absolute atomic E-state index is 0.0343. The van der Waals surface area contributed by atoms with Crippen LogP contribution in [-0.2, 0) is 25.6 Å². The molecule has 0 amide bonds. The van der Waals surface area contributed by atoms with Crippen molar-refractivity contribution in [2.45, 2.75) is 63.3 Å². The Balaban J connectivity index is 1.56.